The summed E-state index contributed by atoms with van der Waals surface area (Å²) < 4.78 is 6.40. The summed E-state index contributed by atoms with van der Waals surface area (Å²) in [7, 11) is 0. The number of benzene rings is 1. The maximum absolute atomic E-state index is 10.6. The molecule has 1 fully saturated rings. The molecular formula is C15H21BrO2. The number of ether oxygens (including phenoxy) is 1. The third kappa shape index (κ3) is 2.72. The second kappa shape index (κ2) is 5.62. The highest BCUT2D eigenvalue weighted by Crippen LogP contribution is 2.48. The predicted octanol–water partition coefficient (Wildman–Crippen LogP) is 4.46. The number of rotatable bonds is 4. The van der Waals surface area contributed by atoms with Crippen LogP contribution in [0.4, 0.5) is 0 Å². The molecule has 1 saturated carbocycles. The fourth-order valence-corrected chi connectivity index (χ4v) is 3.39. The molecule has 18 heavy (non-hydrogen) atoms. The highest BCUT2D eigenvalue weighted by Gasteiger charge is 2.37. The van der Waals surface area contributed by atoms with Gasteiger partial charge in [0.1, 0.15) is 5.75 Å². The van der Waals surface area contributed by atoms with Crippen LogP contribution in [0.25, 0.3) is 0 Å². The first-order chi connectivity index (χ1) is 8.57. The Labute approximate surface area is 117 Å². The molecule has 0 heterocycles. The Morgan fingerprint density at radius 2 is 2.06 bits per heavy atom. The molecule has 1 unspecified atom stereocenters. The van der Waals surface area contributed by atoms with E-state index in [9.17, 15) is 5.11 Å². The fraction of sp³-hybridized carbons (Fsp3) is 0.600. The van der Waals surface area contributed by atoms with Crippen molar-refractivity contribution < 1.29 is 9.84 Å². The molecule has 2 nitrogen and oxygen atoms in total. The van der Waals surface area contributed by atoms with Crippen molar-refractivity contribution in [2.45, 2.75) is 45.6 Å². The van der Waals surface area contributed by atoms with Gasteiger partial charge in [0, 0.05) is 4.47 Å². The summed E-state index contributed by atoms with van der Waals surface area (Å²) in [4.78, 5) is 0. The molecule has 1 aromatic carbocycles. The van der Waals surface area contributed by atoms with Crippen LogP contribution in [0.5, 0.6) is 5.75 Å². The van der Waals surface area contributed by atoms with E-state index < -0.39 is 6.10 Å². The van der Waals surface area contributed by atoms with E-state index in [0.29, 0.717) is 6.61 Å². The highest BCUT2D eigenvalue weighted by atomic mass is 79.9. The van der Waals surface area contributed by atoms with Gasteiger partial charge in [-0.15, -0.1) is 0 Å². The van der Waals surface area contributed by atoms with Crippen molar-refractivity contribution >= 4 is 15.9 Å². The van der Waals surface area contributed by atoms with Crippen molar-refractivity contribution in [2.24, 2.45) is 5.41 Å². The van der Waals surface area contributed by atoms with Crippen LogP contribution in [0.2, 0.25) is 0 Å². The summed E-state index contributed by atoms with van der Waals surface area (Å²) in [5.41, 5.74) is 0.998. The Hall–Kier alpha value is -0.540. The molecule has 1 N–H and O–H groups in total. The lowest BCUT2D eigenvalue weighted by Crippen LogP contribution is -2.22. The first-order valence-corrected chi connectivity index (χ1v) is 7.46. The van der Waals surface area contributed by atoms with Gasteiger partial charge in [-0.05, 0) is 42.9 Å². The zero-order valence-electron chi connectivity index (χ0n) is 11.1. The van der Waals surface area contributed by atoms with E-state index in [0.717, 1.165) is 28.6 Å². The number of hydrogen-bond donors (Lipinski definition) is 1. The van der Waals surface area contributed by atoms with E-state index in [4.69, 9.17) is 4.74 Å². The maximum atomic E-state index is 10.6. The average Bonchev–Trinajstić information content (AvgIpc) is 2.77. The molecule has 0 saturated heterocycles. The molecule has 2 rings (SSSR count). The van der Waals surface area contributed by atoms with Crippen LogP contribution in [-0.4, -0.2) is 11.7 Å². The molecule has 1 aliphatic carbocycles. The third-order valence-electron chi connectivity index (χ3n) is 3.98. The molecule has 3 heteroatoms. The molecule has 0 bridgehead atoms. The third-order valence-corrected chi connectivity index (χ3v) is 4.67. The van der Waals surface area contributed by atoms with Crippen molar-refractivity contribution in [2.75, 3.05) is 6.61 Å². The van der Waals surface area contributed by atoms with Crippen LogP contribution in [0.15, 0.2) is 22.7 Å². The van der Waals surface area contributed by atoms with Gasteiger partial charge in [-0.3, -0.25) is 0 Å². The lowest BCUT2D eigenvalue weighted by atomic mass is 9.79. The topological polar surface area (TPSA) is 29.5 Å². The number of hydrogen-bond acceptors (Lipinski definition) is 2. The summed E-state index contributed by atoms with van der Waals surface area (Å²) in [6.07, 6.45) is 4.26. The minimum Gasteiger partial charge on any atom is -0.494 e. The zero-order valence-corrected chi connectivity index (χ0v) is 12.7. The highest BCUT2D eigenvalue weighted by molar-refractivity contribution is 9.10. The lowest BCUT2D eigenvalue weighted by molar-refractivity contribution is 0.0402. The molecule has 100 valence electrons. The second-order valence-electron chi connectivity index (χ2n) is 5.38. The van der Waals surface area contributed by atoms with Crippen LogP contribution in [0.1, 0.15) is 51.2 Å². The standard InChI is InChI=1S/C15H21BrO2/c1-3-18-11-6-7-12(13(16)10-11)14(17)15(2)8-4-5-9-15/h6-7,10,14,17H,3-5,8-9H2,1-2H3. The Kier molecular flexibility index (Phi) is 4.33. The van der Waals surface area contributed by atoms with Gasteiger partial charge in [-0.1, -0.05) is 41.8 Å². The van der Waals surface area contributed by atoms with E-state index in [2.05, 4.69) is 22.9 Å². The fourth-order valence-electron chi connectivity index (χ4n) is 2.82. The van der Waals surface area contributed by atoms with E-state index in [-0.39, 0.29) is 5.41 Å². The molecular weight excluding hydrogens is 292 g/mol. The molecule has 0 spiro atoms. The number of halogens is 1. The maximum Gasteiger partial charge on any atom is 0.120 e. The molecule has 0 radical (unpaired) electrons. The molecule has 1 aliphatic rings. The largest absolute Gasteiger partial charge is 0.494 e. The second-order valence-corrected chi connectivity index (χ2v) is 6.23. The Bertz CT molecular complexity index is 411. The van der Waals surface area contributed by atoms with Gasteiger partial charge in [0.05, 0.1) is 12.7 Å². The summed E-state index contributed by atoms with van der Waals surface area (Å²) in [5, 5.41) is 10.6. The summed E-state index contributed by atoms with van der Waals surface area (Å²) in [5.74, 6) is 0.844. The normalized spacial score (nSPS) is 19.8. The van der Waals surface area contributed by atoms with Gasteiger partial charge in [-0.2, -0.15) is 0 Å². The minimum atomic E-state index is -0.398. The van der Waals surface area contributed by atoms with Gasteiger partial charge >= 0.3 is 0 Å². The van der Waals surface area contributed by atoms with Gasteiger partial charge < -0.3 is 9.84 Å². The molecule has 1 atom stereocenters. The first-order valence-electron chi connectivity index (χ1n) is 6.67. The molecule has 0 aromatic heterocycles. The lowest BCUT2D eigenvalue weighted by Gasteiger charge is -2.31. The molecule has 0 aliphatic heterocycles. The summed E-state index contributed by atoms with van der Waals surface area (Å²) in [6, 6.07) is 5.86. The van der Waals surface area contributed by atoms with Crippen LogP contribution in [0, 0.1) is 5.41 Å². The van der Waals surface area contributed by atoms with Crippen molar-refractivity contribution in [3.63, 3.8) is 0 Å². The quantitative estimate of drug-likeness (QED) is 0.889. The van der Waals surface area contributed by atoms with Crippen LogP contribution >= 0.6 is 15.9 Å². The van der Waals surface area contributed by atoms with Crippen LogP contribution in [0.3, 0.4) is 0 Å². The SMILES string of the molecule is CCOc1ccc(C(O)C2(C)CCCC2)c(Br)c1. The van der Waals surface area contributed by atoms with Gasteiger partial charge in [0.25, 0.3) is 0 Å². The van der Waals surface area contributed by atoms with Crippen LogP contribution in [-0.2, 0) is 0 Å². The number of aliphatic hydroxyl groups is 1. The minimum absolute atomic E-state index is 0.0235. The Morgan fingerprint density at radius 3 is 2.61 bits per heavy atom. The van der Waals surface area contributed by atoms with E-state index in [1.54, 1.807) is 0 Å². The van der Waals surface area contributed by atoms with E-state index in [1.165, 1.54) is 12.8 Å². The van der Waals surface area contributed by atoms with Gasteiger partial charge in [0.2, 0.25) is 0 Å². The van der Waals surface area contributed by atoms with E-state index in [1.807, 2.05) is 25.1 Å². The van der Waals surface area contributed by atoms with Crippen molar-refractivity contribution in [1.82, 2.24) is 0 Å². The van der Waals surface area contributed by atoms with Gasteiger partial charge in [0.15, 0.2) is 0 Å². The molecule has 1 aromatic rings. The van der Waals surface area contributed by atoms with Crippen LogP contribution < -0.4 is 4.74 Å². The molecule has 0 amide bonds. The summed E-state index contributed by atoms with van der Waals surface area (Å²) >= 11 is 3.55. The van der Waals surface area contributed by atoms with Crippen molar-refractivity contribution in [1.29, 1.82) is 0 Å². The monoisotopic (exact) mass is 312 g/mol. The van der Waals surface area contributed by atoms with Crippen molar-refractivity contribution in [3.8, 4) is 5.75 Å². The van der Waals surface area contributed by atoms with Gasteiger partial charge in [-0.25, -0.2) is 0 Å². The first kappa shape index (κ1) is 13.9. The average molecular weight is 313 g/mol. The summed E-state index contributed by atoms with van der Waals surface area (Å²) in [6.45, 7) is 4.82. The predicted molar refractivity (Wildman–Crippen MR) is 76.8 cm³/mol. The zero-order chi connectivity index (χ0) is 13.2. The Morgan fingerprint density at radius 1 is 1.39 bits per heavy atom. The van der Waals surface area contributed by atoms with E-state index >= 15 is 0 Å². The Balaban J connectivity index is 2.22. The van der Waals surface area contributed by atoms with Crippen molar-refractivity contribution in [3.05, 3.63) is 28.2 Å². The number of aliphatic hydroxyl groups excluding tert-OH is 1. The smallest absolute Gasteiger partial charge is 0.120 e.